The summed E-state index contributed by atoms with van der Waals surface area (Å²) in [5.74, 6) is -0.0664. The van der Waals surface area contributed by atoms with E-state index in [1.54, 1.807) is 29.2 Å². The van der Waals surface area contributed by atoms with Crippen molar-refractivity contribution in [3.63, 3.8) is 0 Å². The maximum atomic E-state index is 12.7. The van der Waals surface area contributed by atoms with Gasteiger partial charge in [-0.2, -0.15) is 5.10 Å². The molecule has 2 heterocycles. The van der Waals surface area contributed by atoms with E-state index in [2.05, 4.69) is 10.2 Å². The maximum Gasteiger partial charge on any atom is 0.222 e. The van der Waals surface area contributed by atoms with E-state index in [9.17, 15) is 13.2 Å². The lowest BCUT2D eigenvalue weighted by Crippen LogP contribution is -2.33. The van der Waals surface area contributed by atoms with Crippen LogP contribution in [0, 0.1) is 13.8 Å². The molecule has 6 nitrogen and oxygen atoms in total. The third kappa shape index (κ3) is 4.35. The van der Waals surface area contributed by atoms with Gasteiger partial charge >= 0.3 is 0 Å². The lowest BCUT2D eigenvalue weighted by Gasteiger charge is -2.20. The monoisotopic (exact) mass is 409 g/mol. The van der Waals surface area contributed by atoms with Crippen molar-refractivity contribution < 1.29 is 13.2 Å². The number of aromatic amines is 1. The number of carbonyl (C=O) groups is 1. The first kappa shape index (κ1) is 19.9. The maximum absolute atomic E-state index is 12.7. The van der Waals surface area contributed by atoms with E-state index in [4.69, 9.17) is 11.6 Å². The number of halogens is 1. The average Bonchev–Trinajstić information content (AvgIpc) is 2.85. The van der Waals surface area contributed by atoms with Crippen LogP contribution in [0.15, 0.2) is 24.3 Å². The van der Waals surface area contributed by atoms with Gasteiger partial charge in [-0.1, -0.05) is 29.8 Å². The van der Waals surface area contributed by atoms with Crippen LogP contribution in [0.4, 0.5) is 0 Å². The lowest BCUT2D eigenvalue weighted by molar-refractivity contribution is -0.130. The molecule has 1 aliphatic rings. The Morgan fingerprint density at radius 3 is 2.70 bits per heavy atom. The number of carbonyl (C=O) groups excluding carboxylic acids is 1. The zero-order valence-electron chi connectivity index (χ0n) is 15.5. The van der Waals surface area contributed by atoms with Crippen LogP contribution in [0.2, 0.25) is 5.02 Å². The van der Waals surface area contributed by atoms with E-state index < -0.39 is 15.1 Å². The Bertz CT molecular complexity index is 920. The van der Waals surface area contributed by atoms with Crippen molar-refractivity contribution in [2.45, 2.75) is 38.4 Å². The zero-order valence-corrected chi connectivity index (χ0v) is 17.1. The highest BCUT2D eigenvalue weighted by molar-refractivity contribution is 7.91. The van der Waals surface area contributed by atoms with E-state index in [1.807, 2.05) is 13.8 Å². The Kier molecular flexibility index (Phi) is 5.91. The predicted octanol–water partition coefficient (Wildman–Crippen LogP) is 3.00. The van der Waals surface area contributed by atoms with E-state index >= 15 is 0 Å². The van der Waals surface area contributed by atoms with Crippen LogP contribution in [0.25, 0.3) is 0 Å². The van der Waals surface area contributed by atoms with Gasteiger partial charge in [-0.15, -0.1) is 0 Å². The Labute approximate surface area is 164 Å². The van der Waals surface area contributed by atoms with Crippen molar-refractivity contribution >= 4 is 27.3 Å². The van der Waals surface area contributed by atoms with Crippen LogP contribution in [-0.4, -0.2) is 48.3 Å². The summed E-state index contributed by atoms with van der Waals surface area (Å²) in [7, 11) is -3.37. The average molecular weight is 410 g/mol. The standard InChI is InChI=1S/C19H24ClN3O3S/c1-13-15(14(2)22-21-13)7-8-19(24)23-10-9-18(27(25,26)12-11-23)16-5-3-4-6-17(16)20/h3-6,18H,7-12H2,1-2H3,(H,21,22). The van der Waals surface area contributed by atoms with E-state index in [0.717, 1.165) is 17.0 Å². The van der Waals surface area contributed by atoms with Gasteiger partial charge in [0.2, 0.25) is 5.91 Å². The second kappa shape index (κ2) is 8.02. The number of hydrogen-bond acceptors (Lipinski definition) is 4. The van der Waals surface area contributed by atoms with Crippen LogP contribution < -0.4 is 0 Å². The van der Waals surface area contributed by atoms with Crippen molar-refractivity contribution in [3.8, 4) is 0 Å². The summed E-state index contributed by atoms with van der Waals surface area (Å²) in [6.07, 6.45) is 1.31. The molecule has 1 amide bonds. The van der Waals surface area contributed by atoms with Gasteiger partial charge in [0, 0.05) is 30.2 Å². The molecule has 0 bridgehead atoms. The van der Waals surface area contributed by atoms with Crippen molar-refractivity contribution in [1.29, 1.82) is 0 Å². The Morgan fingerprint density at radius 1 is 1.30 bits per heavy atom. The zero-order chi connectivity index (χ0) is 19.6. The third-order valence-corrected chi connectivity index (χ3v) is 7.67. The number of aryl methyl sites for hydroxylation is 2. The van der Waals surface area contributed by atoms with E-state index in [0.29, 0.717) is 36.4 Å². The number of nitrogens with one attached hydrogen (secondary N) is 1. The minimum Gasteiger partial charge on any atom is -0.342 e. The van der Waals surface area contributed by atoms with Crippen LogP contribution >= 0.6 is 11.6 Å². The molecular formula is C19H24ClN3O3S. The SMILES string of the molecule is Cc1n[nH]c(C)c1CCC(=O)N1CCC(c2ccccc2Cl)S(=O)(=O)CC1. The summed E-state index contributed by atoms with van der Waals surface area (Å²) in [6.45, 7) is 4.49. The fourth-order valence-corrected chi connectivity index (χ4v) is 5.76. The van der Waals surface area contributed by atoms with Gasteiger partial charge < -0.3 is 4.90 Å². The molecule has 27 heavy (non-hydrogen) atoms. The molecule has 1 N–H and O–H groups in total. The molecule has 0 aliphatic carbocycles. The van der Waals surface area contributed by atoms with Gasteiger partial charge in [0.25, 0.3) is 0 Å². The molecule has 0 saturated carbocycles. The minimum absolute atomic E-state index is 0.0231. The van der Waals surface area contributed by atoms with Gasteiger partial charge in [-0.25, -0.2) is 8.42 Å². The first-order valence-electron chi connectivity index (χ1n) is 9.04. The predicted molar refractivity (Wildman–Crippen MR) is 106 cm³/mol. The van der Waals surface area contributed by atoms with Gasteiger partial charge in [0.15, 0.2) is 9.84 Å². The number of hydrogen-bond donors (Lipinski definition) is 1. The largest absolute Gasteiger partial charge is 0.342 e. The van der Waals surface area contributed by atoms with Crippen LogP contribution in [0.5, 0.6) is 0 Å². The first-order valence-corrected chi connectivity index (χ1v) is 11.1. The second-order valence-corrected chi connectivity index (χ2v) is 9.67. The Balaban J connectivity index is 1.70. The summed E-state index contributed by atoms with van der Waals surface area (Å²) >= 11 is 6.22. The minimum atomic E-state index is -3.37. The number of sulfone groups is 1. The number of benzene rings is 1. The number of amides is 1. The summed E-state index contributed by atoms with van der Waals surface area (Å²) < 4.78 is 25.5. The summed E-state index contributed by atoms with van der Waals surface area (Å²) in [5.41, 5.74) is 3.55. The highest BCUT2D eigenvalue weighted by Crippen LogP contribution is 2.34. The molecule has 1 aliphatic heterocycles. The Morgan fingerprint density at radius 2 is 2.04 bits per heavy atom. The fourth-order valence-electron chi connectivity index (χ4n) is 3.61. The molecule has 1 aromatic carbocycles. The van der Waals surface area contributed by atoms with E-state index in [1.165, 1.54) is 0 Å². The Hall–Kier alpha value is -1.86. The molecule has 8 heteroatoms. The lowest BCUT2D eigenvalue weighted by atomic mass is 10.1. The van der Waals surface area contributed by atoms with Crippen LogP contribution in [0.3, 0.4) is 0 Å². The molecule has 3 rings (SSSR count). The molecule has 2 aromatic rings. The smallest absolute Gasteiger partial charge is 0.222 e. The number of nitrogens with zero attached hydrogens (tertiary/aromatic N) is 2. The molecule has 0 radical (unpaired) electrons. The number of rotatable bonds is 4. The van der Waals surface area contributed by atoms with Crippen LogP contribution in [0.1, 0.15) is 40.6 Å². The third-order valence-electron chi connectivity index (χ3n) is 5.21. The fraction of sp³-hybridized carbons (Fsp3) is 0.474. The quantitative estimate of drug-likeness (QED) is 0.841. The number of aromatic nitrogens is 2. The molecule has 1 atom stereocenters. The van der Waals surface area contributed by atoms with Crippen LogP contribution in [-0.2, 0) is 21.1 Å². The van der Waals surface area contributed by atoms with Crippen molar-refractivity contribution in [2.75, 3.05) is 18.8 Å². The highest BCUT2D eigenvalue weighted by Gasteiger charge is 2.33. The molecular weight excluding hydrogens is 386 g/mol. The molecule has 1 aromatic heterocycles. The highest BCUT2D eigenvalue weighted by atomic mass is 35.5. The summed E-state index contributed by atoms with van der Waals surface area (Å²) in [5, 5.41) is 6.87. The summed E-state index contributed by atoms with van der Waals surface area (Å²) in [6, 6.07) is 7.03. The van der Waals surface area contributed by atoms with E-state index in [-0.39, 0.29) is 18.2 Å². The first-order chi connectivity index (χ1) is 12.8. The molecule has 0 spiro atoms. The summed E-state index contributed by atoms with van der Waals surface area (Å²) in [4.78, 5) is 14.3. The van der Waals surface area contributed by atoms with Crippen molar-refractivity contribution in [3.05, 3.63) is 51.8 Å². The normalized spacial score (nSPS) is 19.7. The second-order valence-electron chi connectivity index (χ2n) is 6.96. The molecule has 146 valence electrons. The van der Waals surface area contributed by atoms with Gasteiger partial charge in [-0.3, -0.25) is 9.89 Å². The van der Waals surface area contributed by atoms with Crippen molar-refractivity contribution in [2.24, 2.45) is 0 Å². The van der Waals surface area contributed by atoms with Gasteiger partial charge in [0.05, 0.1) is 16.7 Å². The van der Waals surface area contributed by atoms with Gasteiger partial charge in [-0.05, 0) is 43.9 Å². The molecule has 1 fully saturated rings. The van der Waals surface area contributed by atoms with Gasteiger partial charge in [0.1, 0.15) is 0 Å². The topological polar surface area (TPSA) is 83.1 Å². The number of H-pyrrole nitrogens is 1. The van der Waals surface area contributed by atoms with Crippen molar-refractivity contribution in [1.82, 2.24) is 15.1 Å². The molecule has 1 unspecified atom stereocenters. The molecule has 1 saturated heterocycles.